The number of anilines is 1. The third kappa shape index (κ3) is 2.32. The van der Waals surface area contributed by atoms with E-state index in [0.29, 0.717) is 15.6 Å². The number of carbonyl (C=O) groups is 3. The molecule has 0 saturated carbocycles. The molecule has 106 valence electrons. The minimum absolute atomic E-state index is 0.164. The molecule has 1 aliphatic rings. The Kier molecular flexibility index (Phi) is 3.27. The maximum atomic E-state index is 12.0. The lowest BCUT2D eigenvalue weighted by Gasteiger charge is -2.15. The zero-order valence-electron chi connectivity index (χ0n) is 10.5. The summed E-state index contributed by atoms with van der Waals surface area (Å²) in [7, 11) is 0. The van der Waals surface area contributed by atoms with E-state index >= 15 is 0 Å². The third-order valence-electron chi connectivity index (χ3n) is 3.12. The zero-order chi connectivity index (χ0) is 15.1. The lowest BCUT2D eigenvalue weighted by molar-refractivity contribution is -0.114. The number of fused-ring (bicyclic) bond motifs is 1. The summed E-state index contributed by atoms with van der Waals surface area (Å²) in [6, 6.07) is 7.81. The highest BCUT2D eigenvalue weighted by Gasteiger charge is 2.36. The molecule has 0 atom stereocenters. The van der Waals surface area contributed by atoms with Gasteiger partial charge in [0.1, 0.15) is 4.88 Å². The molecule has 1 amide bonds. The number of halogens is 1. The number of ketones is 1. The number of amides is 1. The van der Waals surface area contributed by atoms with Crippen molar-refractivity contribution < 1.29 is 19.5 Å². The fourth-order valence-corrected chi connectivity index (χ4v) is 3.17. The van der Waals surface area contributed by atoms with E-state index in [4.69, 9.17) is 16.7 Å². The highest BCUT2D eigenvalue weighted by molar-refractivity contribution is 7.13. The molecule has 0 saturated heterocycles. The molecule has 21 heavy (non-hydrogen) atoms. The van der Waals surface area contributed by atoms with Crippen molar-refractivity contribution in [2.75, 3.05) is 4.90 Å². The standard InChI is InChI=1S/C14H8ClNO4S/c15-7-1-3-10-9(5-7)12(17)13(18)16(10)6-8-2-4-11(21-8)14(19)20/h1-5H,6H2,(H,19,20). The number of carboxylic acid groups (broad SMARTS) is 1. The predicted octanol–water partition coefficient (Wildman–Crippen LogP) is 2.83. The number of carbonyl (C=O) groups excluding carboxylic acids is 2. The number of rotatable bonds is 3. The van der Waals surface area contributed by atoms with Gasteiger partial charge in [0.15, 0.2) is 0 Å². The van der Waals surface area contributed by atoms with Crippen molar-refractivity contribution in [3.63, 3.8) is 0 Å². The minimum atomic E-state index is -1.01. The Labute approximate surface area is 128 Å². The predicted molar refractivity (Wildman–Crippen MR) is 78.3 cm³/mol. The molecule has 1 aromatic heterocycles. The van der Waals surface area contributed by atoms with Gasteiger partial charge in [-0.05, 0) is 30.3 Å². The van der Waals surface area contributed by atoms with Crippen molar-refractivity contribution in [1.29, 1.82) is 0 Å². The van der Waals surface area contributed by atoms with Crippen LogP contribution in [0.3, 0.4) is 0 Å². The van der Waals surface area contributed by atoms with Crippen LogP contribution in [0.15, 0.2) is 30.3 Å². The van der Waals surface area contributed by atoms with E-state index in [2.05, 4.69) is 0 Å². The van der Waals surface area contributed by atoms with Gasteiger partial charge in [0, 0.05) is 9.90 Å². The van der Waals surface area contributed by atoms with Gasteiger partial charge in [-0.15, -0.1) is 11.3 Å². The summed E-state index contributed by atoms with van der Waals surface area (Å²) in [6.07, 6.45) is 0. The fourth-order valence-electron chi connectivity index (χ4n) is 2.16. The molecule has 0 radical (unpaired) electrons. The van der Waals surface area contributed by atoms with Gasteiger partial charge in [-0.3, -0.25) is 14.5 Å². The average Bonchev–Trinajstić information content (AvgIpc) is 2.99. The van der Waals surface area contributed by atoms with Crippen molar-refractivity contribution in [1.82, 2.24) is 0 Å². The molecular formula is C14H8ClNO4S. The van der Waals surface area contributed by atoms with Gasteiger partial charge < -0.3 is 5.11 Å². The summed E-state index contributed by atoms with van der Waals surface area (Å²) in [5, 5.41) is 9.29. The van der Waals surface area contributed by atoms with Gasteiger partial charge in [0.05, 0.1) is 17.8 Å². The summed E-state index contributed by atoms with van der Waals surface area (Å²) < 4.78 is 0. The van der Waals surface area contributed by atoms with Crippen LogP contribution in [0.1, 0.15) is 24.9 Å². The fraction of sp³-hybridized carbons (Fsp3) is 0.0714. The quantitative estimate of drug-likeness (QED) is 0.882. The van der Waals surface area contributed by atoms with Crippen LogP contribution < -0.4 is 4.90 Å². The van der Waals surface area contributed by atoms with Crippen LogP contribution in [0.4, 0.5) is 5.69 Å². The van der Waals surface area contributed by atoms with E-state index in [1.807, 2.05) is 0 Å². The van der Waals surface area contributed by atoms with Gasteiger partial charge in [-0.2, -0.15) is 0 Å². The molecule has 2 heterocycles. The number of benzene rings is 1. The molecule has 3 rings (SSSR count). The van der Waals surface area contributed by atoms with E-state index in [1.165, 1.54) is 17.0 Å². The second-order valence-electron chi connectivity index (χ2n) is 4.45. The van der Waals surface area contributed by atoms with Crippen LogP contribution in [0.2, 0.25) is 5.02 Å². The number of hydrogen-bond acceptors (Lipinski definition) is 4. The first kappa shape index (κ1) is 13.8. The van der Waals surface area contributed by atoms with Gasteiger partial charge in [0.25, 0.3) is 11.7 Å². The molecule has 0 fully saturated rings. The lowest BCUT2D eigenvalue weighted by Crippen LogP contribution is -2.28. The Morgan fingerprint density at radius 3 is 2.67 bits per heavy atom. The van der Waals surface area contributed by atoms with E-state index in [0.717, 1.165) is 11.3 Å². The van der Waals surface area contributed by atoms with Gasteiger partial charge in [0.2, 0.25) is 0 Å². The number of nitrogens with zero attached hydrogens (tertiary/aromatic N) is 1. The van der Waals surface area contributed by atoms with Gasteiger partial charge in [-0.25, -0.2) is 4.79 Å². The Bertz CT molecular complexity index is 783. The maximum Gasteiger partial charge on any atom is 0.345 e. The molecule has 7 heteroatoms. The van der Waals surface area contributed by atoms with Gasteiger partial charge >= 0.3 is 5.97 Å². The van der Waals surface area contributed by atoms with E-state index in [-0.39, 0.29) is 17.0 Å². The molecule has 0 bridgehead atoms. The number of Topliss-reactive ketones (excluding diaryl/α,β-unsaturated/α-hetero) is 1. The first-order chi connectivity index (χ1) is 9.97. The van der Waals surface area contributed by atoms with E-state index in [9.17, 15) is 14.4 Å². The molecule has 1 N–H and O–H groups in total. The van der Waals surface area contributed by atoms with Crippen molar-refractivity contribution >= 4 is 46.3 Å². The molecule has 0 unspecified atom stereocenters. The van der Waals surface area contributed by atoms with Crippen LogP contribution in [0, 0.1) is 0 Å². The Morgan fingerprint density at radius 2 is 2.00 bits per heavy atom. The SMILES string of the molecule is O=C(O)c1ccc(CN2C(=O)C(=O)c3cc(Cl)ccc32)s1. The minimum Gasteiger partial charge on any atom is -0.477 e. The van der Waals surface area contributed by atoms with E-state index < -0.39 is 17.7 Å². The van der Waals surface area contributed by atoms with Crippen molar-refractivity contribution in [2.45, 2.75) is 6.54 Å². The molecule has 0 spiro atoms. The van der Waals surface area contributed by atoms with Crippen molar-refractivity contribution in [2.24, 2.45) is 0 Å². The van der Waals surface area contributed by atoms with Crippen LogP contribution in [-0.4, -0.2) is 22.8 Å². The molecule has 1 aromatic carbocycles. The van der Waals surface area contributed by atoms with Crippen molar-refractivity contribution in [3.8, 4) is 0 Å². The Hall–Kier alpha value is -2.18. The average molecular weight is 322 g/mol. The molecule has 5 nitrogen and oxygen atoms in total. The van der Waals surface area contributed by atoms with Crippen LogP contribution in [0.25, 0.3) is 0 Å². The summed E-state index contributed by atoms with van der Waals surface area (Å²) in [6.45, 7) is 0.164. The second kappa shape index (κ2) is 4.98. The van der Waals surface area contributed by atoms with E-state index in [1.54, 1.807) is 18.2 Å². The topological polar surface area (TPSA) is 74.7 Å². The third-order valence-corrected chi connectivity index (χ3v) is 4.41. The normalized spacial score (nSPS) is 13.7. The molecule has 0 aliphatic carbocycles. The number of thiophene rings is 1. The zero-order valence-corrected chi connectivity index (χ0v) is 12.1. The number of hydrogen-bond donors (Lipinski definition) is 1. The monoisotopic (exact) mass is 321 g/mol. The molecule has 2 aromatic rings. The summed E-state index contributed by atoms with van der Waals surface area (Å²) >= 11 is 6.92. The van der Waals surface area contributed by atoms with Gasteiger partial charge in [-0.1, -0.05) is 11.6 Å². The smallest absolute Gasteiger partial charge is 0.345 e. The Balaban J connectivity index is 1.94. The van der Waals surface area contributed by atoms with Crippen LogP contribution >= 0.6 is 22.9 Å². The first-order valence-corrected chi connectivity index (χ1v) is 7.14. The number of carboxylic acids is 1. The second-order valence-corrected chi connectivity index (χ2v) is 6.06. The van der Waals surface area contributed by atoms with Crippen LogP contribution in [-0.2, 0) is 11.3 Å². The summed E-state index contributed by atoms with van der Waals surface area (Å²) in [5.41, 5.74) is 0.780. The van der Waals surface area contributed by atoms with Crippen LogP contribution in [0.5, 0.6) is 0 Å². The molecular weight excluding hydrogens is 314 g/mol. The highest BCUT2D eigenvalue weighted by Crippen LogP contribution is 2.33. The summed E-state index contributed by atoms with van der Waals surface area (Å²) in [4.78, 5) is 37.1. The Morgan fingerprint density at radius 1 is 1.24 bits per heavy atom. The largest absolute Gasteiger partial charge is 0.477 e. The van der Waals surface area contributed by atoms with Crippen molar-refractivity contribution in [3.05, 3.63) is 50.7 Å². The summed E-state index contributed by atoms with van der Waals surface area (Å²) in [5.74, 6) is -2.23. The lowest BCUT2D eigenvalue weighted by atomic mass is 10.1. The highest BCUT2D eigenvalue weighted by atomic mass is 35.5. The maximum absolute atomic E-state index is 12.0. The first-order valence-electron chi connectivity index (χ1n) is 5.95. The number of aromatic carboxylic acids is 1. The molecule has 1 aliphatic heterocycles.